The molecule has 3 rings (SSSR count). The maximum Gasteiger partial charge on any atom is 0.282 e. The monoisotopic (exact) mass is 340 g/mol. The first kappa shape index (κ1) is 16.6. The van der Waals surface area contributed by atoms with E-state index in [1.807, 2.05) is 18.2 Å². The molecule has 0 unspecified atom stereocenters. The standard InChI is InChI=1S/C15H24N4O3S/c1-17(23(20,21)19-9-11-22-12-10-19)14-5-4-8-18(13-14)15-6-2-3-7-16-15/h2-3,6-7,14H,4-5,8-13H2,1H3/t14-/m0/s1. The van der Waals surface area contributed by atoms with Crippen molar-refractivity contribution in [2.24, 2.45) is 0 Å². The number of pyridine rings is 1. The Bertz CT molecular complexity index is 604. The van der Waals surface area contributed by atoms with Crippen LogP contribution in [-0.2, 0) is 14.9 Å². The summed E-state index contributed by atoms with van der Waals surface area (Å²) in [6.45, 7) is 3.40. The predicted molar refractivity (Wildman–Crippen MR) is 88.5 cm³/mol. The Morgan fingerprint density at radius 2 is 2.04 bits per heavy atom. The third-order valence-corrected chi connectivity index (χ3v) is 6.59. The summed E-state index contributed by atoms with van der Waals surface area (Å²) in [5, 5.41) is 0. The van der Waals surface area contributed by atoms with Crippen molar-refractivity contribution in [3.63, 3.8) is 0 Å². The van der Waals surface area contributed by atoms with Crippen molar-refractivity contribution < 1.29 is 13.2 Å². The van der Waals surface area contributed by atoms with Crippen LogP contribution < -0.4 is 4.90 Å². The minimum atomic E-state index is -3.43. The van der Waals surface area contributed by atoms with Crippen LogP contribution in [0.5, 0.6) is 0 Å². The lowest BCUT2D eigenvalue weighted by Crippen LogP contribution is -2.54. The number of nitrogens with zero attached hydrogens (tertiary/aromatic N) is 4. The number of rotatable bonds is 4. The SMILES string of the molecule is CN([C@H]1CCCN(c2ccccn2)C1)S(=O)(=O)N1CCOCC1. The van der Waals surface area contributed by atoms with Crippen LogP contribution in [-0.4, -0.2) is 74.5 Å². The van der Waals surface area contributed by atoms with Crippen LogP contribution >= 0.6 is 0 Å². The summed E-state index contributed by atoms with van der Waals surface area (Å²) in [6.07, 6.45) is 3.61. The highest BCUT2D eigenvalue weighted by Crippen LogP contribution is 2.23. The van der Waals surface area contributed by atoms with E-state index < -0.39 is 10.2 Å². The van der Waals surface area contributed by atoms with Crippen LogP contribution in [0.2, 0.25) is 0 Å². The zero-order valence-electron chi connectivity index (χ0n) is 13.5. The minimum absolute atomic E-state index is 0.0291. The molecule has 1 aromatic rings. The lowest BCUT2D eigenvalue weighted by Gasteiger charge is -2.39. The number of piperidine rings is 1. The second-order valence-electron chi connectivity index (χ2n) is 5.97. The van der Waals surface area contributed by atoms with Gasteiger partial charge in [0.15, 0.2) is 0 Å². The van der Waals surface area contributed by atoms with Crippen molar-refractivity contribution in [1.82, 2.24) is 13.6 Å². The van der Waals surface area contributed by atoms with Gasteiger partial charge in [0.2, 0.25) is 0 Å². The number of likely N-dealkylation sites (N-methyl/N-ethyl adjacent to an activating group) is 1. The van der Waals surface area contributed by atoms with Crippen LogP contribution in [0, 0.1) is 0 Å². The molecule has 8 heteroatoms. The molecule has 0 N–H and O–H groups in total. The average molecular weight is 340 g/mol. The summed E-state index contributed by atoms with van der Waals surface area (Å²) in [5.74, 6) is 0.911. The van der Waals surface area contributed by atoms with Crippen LogP contribution in [0.1, 0.15) is 12.8 Å². The summed E-state index contributed by atoms with van der Waals surface area (Å²) < 4.78 is 33.9. The minimum Gasteiger partial charge on any atom is -0.379 e. The van der Waals surface area contributed by atoms with Gasteiger partial charge >= 0.3 is 0 Å². The summed E-state index contributed by atoms with van der Waals surface area (Å²) in [7, 11) is -1.74. The predicted octanol–water partition coefficient (Wildman–Crippen LogP) is 0.559. The second kappa shape index (κ2) is 7.12. The number of aromatic nitrogens is 1. The molecule has 0 radical (unpaired) electrons. The summed E-state index contributed by atoms with van der Waals surface area (Å²) >= 11 is 0. The van der Waals surface area contributed by atoms with Gasteiger partial charge in [-0.25, -0.2) is 4.98 Å². The molecule has 23 heavy (non-hydrogen) atoms. The van der Waals surface area contributed by atoms with Crippen molar-refractivity contribution in [2.45, 2.75) is 18.9 Å². The zero-order valence-corrected chi connectivity index (χ0v) is 14.3. The van der Waals surface area contributed by atoms with Gasteiger partial charge < -0.3 is 9.64 Å². The molecule has 0 amide bonds. The lowest BCUT2D eigenvalue weighted by molar-refractivity contribution is 0.0696. The van der Waals surface area contributed by atoms with E-state index in [0.717, 1.165) is 25.2 Å². The highest BCUT2D eigenvalue weighted by molar-refractivity contribution is 7.86. The maximum atomic E-state index is 12.8. The highest BCUT2D eigenvalue weighted by Gasteiger charge is 2.35. The van der Waals surface area contributed by atoms with Gasteiger partial charge in [-0.15, -0.1) is 0 Å². The van der Waals surface area contributed by atoms with Gasteiger partial charge in [0.05, 0.1) is 13.2 Å². The first-order valence-electron chi connectivity index (χ1n) is 8.06. The Hall–Kier alpha value is -1.22. The molecule has 2 aliphatic heterocycles. The zero-order chi connectivity index (χ0) is 16.3. The first-order chi connectivity index (χ1) is 11.1. The van der Waals surface area contributed by atoms with Crippen molar-refractivity contribution in [3.8, 4) is 0 Å². The molecule has 1 aromatic heterocycles. The maximum absolute atomic E-state index is 12.8. The molecule has 2 fully saturated rings. The summed E-state index contributed by atoms with van der Waals surface area (Å²) in [4.78, 5) is 6.55. The molecule has 0 bridgehead atoms. The Morgan fingerprint density at radius 1 is 1.26 bits per heavy atom. The average Bonchev–Trinajstić information content (AvgIpc) is 2.62. The highest BCUT2D eigenvalue weighted by atomic mass is 32.2. The van der Waals surface area contributed by atoms with E-state index in [1.54, 1.807) is 13.2 Å². The van der Waals surface area contributed by atoms with E-state index in [0.29, 0.717) is 32.8 Å². The van der Waals surface area contributed by atoms with Crippen molar-refractivity contribution in [3.05, 3.63) is 24.4 Å². The largest absolute Gasteiger partial charge is 0.379 e. The fourth-order valence-electron chi connectivity index (χ4n) is 3.15. The van der Waals surface area contributed by atoms with Crippen LogP contribution in [0.15, 0.2) is 24.4 Å². The third kappa shape index (κ3) is 3.65. The van der Waals surface area contributed by atoms with E-state index in [1.165, 1.54) is 8.61 Å². The number of hydrogen-bond donors (Lipinski definition) is 0. The Balaban J connectivity index is 1.70. The second-order valence-corrected chi connectivity index (χ2v) is 7.95. The van der Waals surface area contributed by atoms with Gasteiger partial charge in [-0.1, -0.05) is 6.07 Å². The lowest BCUT2D eigenvalue weighted by atomic mass is 10.1. The fraction of sp³-hybridized carbons (Fsp3) is 0.667. The van der Waals surface area contributed by atoms with E-state index in [-0.39, 0.29) is 6.04 Å². The Morgan fingerprint density at radius 3 is 2.74 bits per heavy atom. The van der Waals surface area contributed by atoms with E-state index in [9.17, 15) is 8.42 Å². The quantitative estimate of drug-likeness (QED) is 0.801. The molecule has 2 aliphatic rings. The summed E-state index contributed by atoms with van der Waals surface area (Å²) in [5.41, 5.74) is 0. The van der Waals surface area contributed by atoms with E-state index >= 15 is 0 Å². The molecule has 0 aliphatic carbocycles. The van der Waals surface area contributed by atoms with E-state index in [2.05, 4.69) is 9.88 Å². The molecular weight excluding hydrogens is 316 g/mol. The topological polar surface area (TPSA) is 66.0 Å². The molecule has 128 valence electrons. The van der Waals surface area contributed by atoms with Gasteiger partial charge in [0.1, 0.15) is 5.82 Å². The molecule has 3 heterocycles. The number of hydrogen-bond acceptors (Lipinski definition) is 5. The van der Waals surface area contributed by atoms with Crippen LogP contribution in [0.3, 0.4) is 0 Å². The van der Waals surface area contributed by atoms with Crippen molar-refractivity contribution in [1.29, 1.82) is 0 Å². The van der Waals surface area contributed by atoms with Gasteiger partial charge in [-0.3, -0.25) is 0 Å². The molecule has 0 spiro atoms. The van der Waals surface area contributed by atoms with Gasteiger partial charge in [0, 0.05) is 45.5 Å². The molecule has 0 aromatic carbocycles. The Labute approximate surface area is 138 Å². The van der Waals surface area contributed by atoms with Gasteiger partial charge in [-0.2, -0.15) is 17.0 Å². The first-order valence-corrected chi connectivity index (χ1v) is 9.45. The fourth-order valence-corrected chi connectivity index (χ4v) is 4.67. The Kier molecular flexibility index (Phi) is 5.15. The normalized spacial score (nSPS) is 24.1. The van der Waals surface area contributed by atoms with Gasteiger partial charge in [-0.05, 0) is 25.0 Å². The number of morpholine rings is 1. The molecule has 1 atom stereocenters. The molecule has 7 nitrogen and oxygen atoms in total. The van der Waals surface area contributed by atoms with Gasteiger partial charge in [0.25, 0.3) is 10.2 Å². The number of ether oxygens (including phenoxy) is 1. The molecular formula is C15H24N4O3S. The van der Waals surface area contributed by atoms with E-state index in [4.69, 9.17) is 4.74 Å². The summed E-state index contributed by atoms with van der Waals surface area (Å²) in [6, 6.07) is 5.79. The molecule has 0 saturated carbocycles. The van der Waals surface area contributed by atoms with Crippen LogP contribution in [0.25, 0.3) is 0 Å². The van der Waals surface area contributed by atoms with Crippen LogP contribution in [0.4, 0.5) is 5.82 Å². The van der Waals surface area contributed by atoms with Crippen molar-refractivity contribution in [2.75, 3.05) is 51.3 Å². The van der Waals surface area contributed by atoms with Crippen molar-refractivity contribution >= 4 is 16.0 Å². The third-order valence-electron chi connectivity index (χ3n) is 4.54. The molecule has 2 saturated heterocycles. The number of anilines is 1. The smallest absolute Gasteiger partial charge is 0.282 e.